The van der Waals surface area contributed by atoms with Gasteiger partial charge in [-0.2, -0.15) is 0 Å². The van der Waals surface area contributed by atoms with Crippen molar-refractivity contribution in [3.8, 4) is 0 Å². The largest absolute Gasteiger partial charge is 0.481 e. The van der Waals surface area contributed by atoms with Crippen LogP contribution in [0.5, 0.6) is 0 Å². The van der Waals surface area contributed by atoms with Crippen molar-refractivity contribution in [2.75, 3.05) is 6.54 Å². The average Bonchev–Trinajstić information content (AvgIpc) is 2.34. The Morgan fingerprint density at radius 2 is 2.10 bits per heavy atom. The summed E-state index contributed by atoms with van der Waals surface area (Å²) in [6, 6.07) is -0.813. The third-order valence-electron chi connectivity index (χ3n) is 4.21. The lowest BCUT2D eigenvalue weighted by molar-refractivity contribution is -0.161. The number of carbonyl (C=O) groups excluding carboxylic acids is 2. The number of β-lactam (4-membered cyclic amide) rings is 1. The third-order valence-corrected chi connectivity index (χ3v) is 6.91. The molecule has 0 spiro atoms. The number of aliphatic carboxylic acids is 1. The van der Waals surface area contributed by atoms with E-state index in [0.717, 1.165) is 0 Å². The van der Waals surface area contributed by atoms with Gasteiger partial charge in [0.15, 0.2) is 0 Å². The molecule has 2 aliphatic heterocycles. The van der Waals surface area contributed by atoms with Gasteiger partial charge in [0, 0.05) is 6.54 Å². The lowest BCUT2D eigenvalue weighted by Crippen LogP contribution is -2.79. The van der Waals surface area contributed by atoms with Crippen molar-refractivity contribution in [3.05, 3.63) is 0 Å². The number of hydrogen-bond donors (Lipinski definition) is 2. The fourth-order valence-corrected chi connectivity index (χ4v) is 6.05. The molecule has 2 rings (SSSR count). The molecule has 21 heavy (non-hydrogen) atoms. The van der Waals surface area contributed by atoms with Crippen LogP contribution in [0.4, 0.5) is 0 Å². The summed E-state index contributed by atoms with van der Waals surface area (Å²) < 4.78 is 12.9. The molecule has 0 aliphatic carbocycles. The minimum atomic E-state index is -1.57. The molecule has 118 valence electrons. The Morgan fingerprint density at radius 3 is 2.52 bits per heavy atom. The highest BCUT2D eigenvalue weighted by Crippen LogP contribution is 2.47. The van der Waals surface area contributed by atoms with Gasteiger partial charge in [-0.3, -0.25) is 18.6 Å². The van der Waals surface area contributed by atoms with Crippen molar-refractivity contribution in [1.29, 1.82) is 0 Å². The summed E-state index contributed by atoms with van der Waals surface area (Å²) in [7, 11) is -1.57. The van der Waals surface area contributed by atoms with Crippen LogP contribution in [0.3, 0.4) is 0 Å². The van der Waals surface area contributed by atoms with Gasteiger partial charge in [0.05, 0.1) is 21.5 Å². The minimum absolute atomic E-state index is 0.0105. The molecule has 2 fully saturated rings. The van der Waals surface area contributed by atoms with E-state index in [2.05, 4.69) is 5.32 Å². The number of carboxylic acid groups (broad SMARTS) is 1. The standard InChI is InChI=1S/C13H20N2O5S/c1-12(2,3)10-13(4,11(18)19)5-15-8(17)7(14-6-16)9(15)21(10)20/h6-7,9-10H,5H2,1-4H3,(H,14,16)(H,18,19)/t7?,9-,10?,13?,21?/m1/s1. The fraction of sp³-hybridized carbons (Fsp3) is 0.769. The van der Waals surface area contributed by atoms with Crippen molar-refractivity contribution >= 4 is 29.1 Å². The Bertz CT molecular complexity index is 529. The second-order valence-corrected chi connectivity index (χ2v) is 8.53. The van der Waals surface area contributed by atoms with E-state index >= 15 is 0 Å². The quantitative estimate of drug-likeness (QED) is 0.541. The number of hydrogen-bond acceptors (Lipinski definition) is 4. The van der Waals surface area contributed by atoms with Crippen molar-refractivity contribution in [2.45, 2.75) is 44.4 Å². The van der Waals surface area contributed by atoms with Gasteiger partial charge in [-0.25, -0.2) is 0 Å². The Labute approximate surface area is 125 Å². The first kappa shape index (κ1) is 15.9. The predicted molar refractivity (Wildman–Crippen MR) is 75.6 cm³/mol. The van der Waals surface area contributed by atoms with Crippen LogP contribution in [-0.4, -0.2) is 55.7 Å². The van der Waals surface area contributed by atoms with Crippen LogP contribution in [0.25, 0.3) is 0 Å². The molecule has 0 aromatic rings. The van der Waals surface area contributed by atoms with Gasteiger partial charge in [-0.1, -0.05) is 20.8 Å². The van der Waals surface area contributed by atoms with Gasteiger partial charge in [0.25, 0.3) is 0 Å². The molecule has 2 saturated heterocycles. The number of amides is 2. The highest BCUT2D eigenvalue weighted by Gasteiger charge is 2.65. The summed E-state index contributed by atoms with van der Waals surface area (Å²) >= 11 is 0. The molecule has 0 saturated carbocycles. The van der Waals surface area contributed by atoms with Gasteiger partial charge < -0.3 is 15.3 Å². The summed E-state index contributed by atoms with van der Waals surface area (Å²) in [5.41, 5.74) is -1.78. The molecule has 0 aromatic carbocycles. The first-order valence-electron chi connectivity index (χ1n) is 6.68. The van der Waals surface area contributed by atoms with E-state index in [9.17, 15) is 23.7 Å². The van der Waals surface area contributed by atoms with Crippen LogP contribution < -0.4 is 5.32 Å². The molecular weight excluding hydrogens is 296 g/mol. The lowest BCUT2D eigenvalue weighted by atomic mass is 9.73. The Hall–Kier alpha value is -1.44. The van der Waals surface area contributed by atoms with Crippen LogP contribution >= 0.6 is 0 Å². The second-order valence-electron chi connectivity index (χ2n) is 6.92. The smallest absolute Gasteiger partial charge is 0.312 e. The van der Waals surface area contributed by atoms with E-state index in [4.69, 9.17) is 0 Å². The fourth-order valence-electron chi connectivity index (χ4n) is 3.49. The van der Waals surface area contributed by atoms with E-state index < -0.39 is 44.3 Å². The molecule has 0 bridgehead atoms. The molecule has 5 atom stereocenters. The van der Waals surface area contributed by atoms with Gasteiger partial charge in [-0.05, 0) is 12.3 Å². The van der Waals surface area contributed by atoms with E-state index in [1.165, 1.54) is 11.8 Å². The number of fused-ring (bicyclic) bond motifs is 1. The van der Waals surface area contributed by atoms with Gasteiger partial charge >= 0.3 is 5.97 Å². The maximum absolute atomic E-state index is 12.9. The van der Waals surface area contributed by atoms with Crippen LogP contribution in [-0.2, 0) is 25.2 Å². The Morgan fingerprint density at radius 1 is 1.52 bits per heavy atom. The summed E-state index contributed by atoms with van der Waals surface area (Å²) in [5, 5.41) is 10.7. The summed E-state index contributed by atoms with van der Waals surface area (Å²) in [4.78, 5) is 35.6. The molecule has 7 nitrogen and oxygen atoms in total. The topological polar surface area (TPSA) is 104 Å². The van der Waals surface area contributed by atoms with E-state index in [0.29, 0.717) is 6.41 Å². The number of rotatable bonds is 3. The zero-order valence-electron chi connectivity index (χ0n) is 12.5. The minimum Gasteiger partial charge on any atom is -0.481 e. The number of nitrogens with zero attached hydrogens (tertiary/aromatic N) is 1. The monoisotopic (exact) mass is 316 g/mol. The van der Waals surface area contributed by atoms with E-state index in [1.54, 1.807) is 0 Å². The van der Waals surface area contributed by atoms with Crippen LogP contribution in [0, 0.1) is 10.8 Å². The molecule has 0 radical (unpaired) electrons. The van der Waals surface area contributed by atoms with E-state index in [1.807, 2.05) is 20.8 Å². The molecule has 2 amide bonds. The normalized spacial score (nSPS) is 39.2. The number of nitrogens with one attached hydrogen (secondary N) is 1. The van der Waals surface area contributed by atoms with Crippen LogP contribution in [0.1, 0.15) is 27.7 Å². The van der Waals surface area contributed by atoms with E-state index in [-0.39, 0.29) is 12.5 Å². The predicted octanol–water partition coefficient (Wildman–Crippen LogP) is -0.463. The second kappa shape index (κ2) is 4.79. The highest BCUT2D eigenvalue weighted by atomic mass is 32.2. The molecule has 4 unspecified atom stereocenters. The van der Waals surface area contributed by atoms with Gasteiger partial charge in [-0.15, -0.1) is 0 Å². The number of carboxylic acids is 1. The van der Waals surface area contributed by atoms with Gasteiger partial charge in [0.2, 0.25) is 12.3 Å². The zero-order chi connectivity index (χ0) is 16.2. The maximum Gasteiger partial charge on any atom is 0.312 e. The lowest BCUT2D eigenvalue weighted by Gasteiger charge is -2.57. The van der Waals surface area contributed by atoms with Crippen LogP contribution in [0.2, 0.25) is 0 Å². The molecule has 2 aliphatic rings. The SMILES string of the molecule is CC(C)(C)C1S(=O)[C@@H]2C(NC=O)C(=O)N2CC1(C)C(=O)O. The molecule has 8 heteroatoms. The molecule has 0 aromatic heterocycles. The summed E-state index contributed by atoms with van der Waals surface area (Å²) in [6.07, 6.45) is 0.411. The first-order chi connectivity index (χ1) is 9.55. The maximum atomic E-state index is 12.9. The van der Waals surface area contributed by atoms with Crippen molar-refractivity contribution in [2.24, 2.45) is 10.8 Å². The van der Waals surface area contributed by atoms with Crippen molar-refractivity contribution in [3.63, 3.8) is 0 Å². The highest BCUT2D eigenvalue weighted by molar-refractivity contribution is 7.86. The Balaban J connectivity index is 2.44. The zero-order valence-corrected chi connectivity index (χ0v) is 13.3. The summed E-state index contributed by atoms with van der Waals surface area (Å²) in [6.45, 7) is 7.07. The third kappa shape index (κ3) is 2.16. The van der Waals surface area contributed by atoms with Crippen molar-refractivity contribution < 1.29 is 23.7 Å². The number of carbonyl (C=O) groups is 3. The summed E-state index contributed by atoms with van der Waals surface area (Å²) in [5.74, 6) is -1.44. The average molecular weight is 316 g/mol. The Kier molecular flexibility index (Phi) is 3.64. The molecule has 2 heterocycles. The molecular formula is C13H20N2O5S. The van der Waals surface area contributed by atoms with Gasteiger partial charge in [0.1, 0.15) is 11.4 Å². The van der Waals surface area contributed by atoms with Crippen molar-refractivity contribution in [1.82, 2.24) is 10.2 Å². The first-order valence-corrected chi connectivity index (χ1v) is 7.96. The van der Waals surface area contributed by atoms with Crippen LogP contribution in [0.15, 0.2) is 0 Å². The molecule has 2 N–H and O–H groups in total.